The standard InChI is InChI=1S/C13H16BrNO2/c14-11-4-2-10(3-5-11)13(6-7-13)12(17)15-8-1-9-16/h2-5,16H,1,6-9H2,(H,15,17). The van der Waals surface area contributed by atoms with E-state index in [2.05, 4.69) is 21.2 Å². The molecule has 1 aliphatic carbocycles. The number of carbonyl (C=O) groups is 1. The molecule has 0 atom stereocenters. The van der Waals surface area contributed by atoms with Crippen LogP contribution in [0.25, 0.3) is 0 Å². The Labute approximate surface area is 109 Å². The van der Waals surface area contributed by atoms with E-state index in [0.717, 1.165) is 22.9 Å². The number of aliphatic hydroxyl groups excluding tert-OH is 1. The summed E-state index contributed by atoms with van der Waals surface area (Å²) >= 11 is 3.39. The first-order chi connectivity index (χ1) is 8.19. The summed E-state index contributed by atoms with van der Waals surface area (Å²) in [6.07, 6.45) is 2.45. The molecule has 4 heteroatoms. The van der Waals surface area contributed by atoms with Crippen molar-refractivity contribution in [2.24, 2.45) is 0 Å². The third-order valence-corrected chi connectivity index (χ3v) is 3.73. The van der Waals surface area contributed by atoms with E-state index >= 15 is 0 Å². The van der Waals surface area contributed by atoms with Gasteiger partial charge in [0.2, 0.25) is 5.91 Å². The van der Waals surface area contributed by atoms with Gasteiger partial charge in [0, 0.05) is 17.6 Å². The topological polar surface area (TPSA) is 49.3 Å². The van der Waals surface area contributed by atoms with Crippen LogP contribution in [0.5, 0.6) is 0 Å². The number of amides is 1. The number of hydrogen-bond acceptors (Lipinski definition) is 2. The molecular formula is C13H16BrNO2. The number of rotatable bonds is 5. The van der Waals surface area contributed by atoms with E-state index in [-0.39, 0.29) is 17.9 Å². The van der Waals surface area contributed by atoms with Gasteiger partial charge in [-0.1, -0.05) is 28.1 Å². The van der Waals surface area contributed by atoms with Crippen molar-refractivity contribution < 1.29 is 9.90 Å². The number of aliphatic hydroxyl groups is 1. The third kappa shape index (κ3) is 2.69. The highest BCUT2D eigenvalue weighted by atomic mass is 79.9. The summed E-state index contributed by atoms with van der Waals surface area (Å²) in [5.41, 5.74) is 0.776. The molecule has 17 heavy (non-hydrogen) atoms. The molecule has 2 rings (SSSR count). The predicted octanol–water partition coefficient (Wildman–Crippen LogP) is 1.98. The van der Waals surface area contributed by atoms with Crippen LogP contribution < -0.4 is 5.32 Å². The lowest BCUT2D eigenvalue weighted by Crippen LogP contribution is -2.35. The maximum Gasteiger partial charge on any atom is 0.230 e. The van der Waals surface area contributed by atoms with Crippen LogP contribution in [0.4, 0.5) is 0 Å². The molecule has 0 radical (unpaired) electrons. The van der Waals surface area contributed by atoms with Crippen LogP contribution in [0, 0.1) is 0 Å². The van der Waals surface area contributed by atoms with Crippen molar-refractivity contribution in [2.45, 2.75) is 24.7 Å². The molecule has 0 bridgehead atoms. The van der Waals surface area contributed by atoms with Crippen LogP contribution in [0.15, 0.2) is 28.7 Å². The Hall–Kier alpha value is -0.870. The van der Waals surface area contributed by atoms with Gasteiger partial charge in [0.25, 0.3) is 0 Å². The van der Waals surface area contributed by atoms with Crippen molar-refractivity contribution in [2.75, 3.05) is 13.2 Å². The van der Waals surface area contributed by atoms with Crippen LogP contribution in [0.3, 0.4) is 0 Å². The molecule has 1 fully saturated rings. The molecule has 1 amide bonds. The fraction of sp³-hybridized carbons (Fsp3) is 0.462. The van der Waals surface area contributed by atoms with Gasteiger partial charge in [-0.15, -0.1) is 0 Å². The second-order valence-electron chi connectivity index (χ2n) is 4.42. The van der Waals surface area contributed by atoms with Gasteiger partial charge >= 0.3 is 0 Å². The minimum absolute atomic E-state index is 0.0910. The average molecular weight is 298 g/mol. The van der Waals surface area contributed by atoms with E-state index in [9.17, 15) is 4.79 Å². The molecule has 92 valence electrons. The van der Waals surface area contributed by atoms with Gasteiger partial charge < -0.3 is 10.4 Å². The lowest BCUT2D eigenvalue weighted by Gasteiger charge is -2.15. The first-order valence-corrected chi connectivity index (χ1v) is 6.63. The minimum atomic E-state index is -0.309. The van der Waals surface area contributed by atoms with Crippen LogP contribution in [-0.2, 0) is 10.2 Å². The molecule has 1 aromatic carbocycles. The number of hydrogen-bond donors (Lipinski definition) is 2. The second kappa shape index (κ2) is 5.19. The normalized spacial score (nSPS) is 16.6. The third-order valence-electron chi connectivity index (χ3n) is 3.20. The highest BCUT2D eigenvalue weighted by molar-refractivity contribution is 9.10. The van der Waals surface area contributed by atoms with Gasteiger partial charge in [-0.25, -0.2) is 0 Å². The lowest BCUT2D eigenvalue weighted by molar-refractivity contribution is -0.123. The highest BCUT2D eigenvalue weighted by Gasteiger charge is 2.50. The molecule has 1 saturated carbocycles. The fourth-order valence-electron chi connectivity index (χ4n) is 1.99. The van der Waals surface area contributed by atoms with E-state index < -0.39 is 0 Å². The van der Waals surface area contributed by atoms with Gasteiger partial charge in [0.15, 0.2) is 0 Å². The largest absolute Gasteiger partial charge is 0.396 e. The molecule has 0 aromatic heterocycles. The molecule has 3 nitrogen and oxygen atoms in total. The molecule has 0 heterocycles. The predicted molar refractivity (Wildman–Crippen MR) is 69.8 cm³/mol. The van der Waals surface area contributed by atoms with E-state index in [0.29, 0.717) is 13.0 Å². The number of carbonyl (C=O) groups excluding carboxylic acids is 1. The highest BCUT2D eigenvalue weighted by Crippen LogP contribution is 2.48. The summed E-state index contributed by atoms with van der Waals surface area (Å²) in [6, 6.07) is 7.94. The Morgan fingerprint density at radius 1 is 1.35 bits per heavy atom. The van der Waals surface area contributed by atoms with Crippen LogP contribution in [-0.4, -0.2) is 24.2 Å². The zero-order valence-corrected chi connectivity index (χ0v) is 11.2. The SMILES string of the molecule is O=C(NCCCO)C1(c2ccc(Br)cc2)CC1. The Bertz CT molecular complexity index is 398. The number of nitrogens with one attached hydrogen (secondary N) is 1. The van der Waals surface area contributed by atoms with E-state index in [1.165, 1.54) is 0 Å². The Morgan fingerprint density at radius 3 is 2.53 bits per heavy atom. The summed E-state index contributed by atoms with van der Waals surface area (Å²) in [6.45, 7) is 0.666. The molecule has 0 saturated heterocycles. The summed E-state index contributed by atoms with van der Waals surface area (Å²) in [5, 5.41) is 11.6. The lowest BCUT2D eigenvalue weighted by atomic mass is 9.95. The molecule has 0 spiro atoms. The van der Waals surface area contributed by atoms with Gasteiger partial charge in [-0.3, -0.25) is 4.79 Å². The van der Waals surface area contributed by atoms with Crippen LogP contribution in [0.2, 0.25) is 0 Å². The summed E-state index contributed by atoms with van der Waals surface area (Å²) in [7, 11) is 0. The number of benzene rings is 1. The minimum Gasteiger partial charge on any atom is -0.396 e. The Morgan fingerprint density at radius 2 is 2.00 bits per heavy atom. The van der Waals surface area contributed by atoms with E-state index in [1.807, 2.05) is 24.3 Å². The summed E-state index contributed by atoms with van der Waals surface area (Å²) in [4.78, 5) is 12.1. The molecular weight excluding hydrogens is 282 g/mol. The molecule has 0 unspecified atom stereocenters. The Balaban J connectivity index is 2.03. The van der Waals surface area contributed by atoms with Crippen molar-refractivity contribution in [3.8, 4) is 0 Å². The van der Waals surface area contributed by atoms with Crippen molar-refractivity contribution in [1.82, 2.24) is 5.32 Å². The maximum absolute atomic E-state index is 12.1. The fourth-order valence-corrected chi connectivity index (χ4v) is 2.26. The molecule has 1 aromatic rings. The first-order valence-electron chi connectivity index (χ1n) is 5.84. The zero-order chi connectivity index (χ0) is 12.3. The monoisotopic (exact) mass is 297 g/mol. The molecule has 1 aliphatic rings. The zero-order valence-electron chi connectivity index (χ0n) is 9.58. The van der Waals surface area contributed by atoms with Crippen molar-refractivity contribution >= 4 is 21.8 Å². The van der Waals surface area contributed by atoms with Crippen LogP contribution >= 0.6 is 15.9 Å². The quantitative estimate of drug-likeness (QED) is 0.817. The smallest absolute Gasteiger partial charge is 0.230 e. The van der Waals surface area contributed by atoms with Gasteiger partial charge in [-0.05, 0) is 37.0 Å². The van der Waals surface area contributed by atoms with Gasteiger partial charge in [-0.2, -0.15) is 0 Å². The summed E-state index contributed by atoms with van der Waals surface area (Å²) in [5.74, 6) is 0.0910. The first kappa shape index (κ1) is 12.6. The van der Waals surface area contributed by atoms with E-state index in [1.54, 1.807) is 0 Å². The Kier molecular flexibility index (Phi) is 3.84. The number of halogens is 1. The maximum atomic E-state index is 12.1. The average Bonchev–Trinajstić information content (AvgIpc) is 3.11. The molecule has 2 N–H and O–H groups in total. The van der Waals surface area contributed by atoms with Crippen molar-refractivity contribution in [3.63, 3.8) is 0 Å². The molecule has 0 aliphatic heterocycles. The van der Waals surface area contributed by atoms with Gasteiger partial charge in [0.1, 0.15) is 0 Å². The van der Waals surface area contributed by atoms with Gasteiger partial charge in [0.05, 0.1) is 5.41 Å². The van der Waals surface area contributed by atoms with Crippen LogP contribution in [0.1, 0.15) is 24.8 Å². The van der Waals surface area contributed by atoms with Crippen molar-refractivity contribution in [3.05, 3.63) is 34.3 Å². The second-order valence-corrected chi connectivity index (χ2v) is 5.34. The van der Waals surface area contributed by atoms with Crippen molar-refractivity contribution in [1.29, 1.82) is 0 Å². The summed E-state index contributed by atoms with van der Waals surface area (Å²) < 4.78 is 1.03. The van der Waals surface area contributed by atoms with E-state index in [4.69, 9.17) is 5.11 Å².